The Labute approximate surface area is 139 Å². The van der Waals surface area contributed by atoms with Crippen LogP contribution in [0, 0.1) is 10.1 Å². The average molecular weight is 345 g/mol. The maximum absolute atomic E-state index is 12.5. The van der Waals surface area contributed by atoms with Crippen LogP contribution in [0.25, 0.3) is 0 Å². The number of hydrogen-bond donors (Lipinski definition) is 1. The van der Waals surface area contributed by atoms with Gasteiger partial charge in [0.1, 0.15) is 6.54 Å². The van der Waals surface area contributed by atoms with E-state index in [0.29, 0.717) is 6.54 Å². The summed E-state index contributed by atoms with van der Waals surface area (Å²) in [6.45, 7) is 2.26. The second-order valence-electron chi connectivity index (χ2n) is 5.62. The maximum atomic E-state index is 12.5. The SMILES string of the molecule is CC(N)C1CCCCN1C(=O)Cn1cc([N+](=O)[O-])ccc1=O.Cl. The van der Waals surface area contributed by atoms with Crippen LogP contribution in [0.3, 0.4) is 0 Å². The van der Waals surface area contributed by atoms with Crippen LogP contribution >= 0.6 is 12.4 Å². The van der Waals surface area contributed by atoms with Gasteiger partial charge in [-0.25, -0.2) is 0 Å². The summed E-state index contributed by atoms with van der Waals surface area (Å²) in [4.78, 5) is 36.1. The lowest BCUT2D eigenvalue weighted by Gasteiger charge is -2.38. The molecule has 0 spiro atoms. The molecule has 1 amide bonds. The van der Waals surface area contributed by atoms with Crippen LogP contribution in [0.5, 0.6) is 0 Å². The van der Waals surface area contributed by atoms with Crippen LogP contribution < -0.4 is 11.3 Å². The van der Waals surface area contributed by atoms with Gasteiger partial charge in [0.05, 0.1) is 11.1 Å². The van der Waals surface area contributed by atoms with Crippen molar-refractivity contribution in [2.24, 2.45) is 5.73 Å². The molecule has 1 saturated heterocycles. The zero-order valence-electron chi connectivity index (χ0n) is 12.9. The molecular formula is C14H21ClN4O4. The monoisotopic (exact) mass is 344 g/mol. The number of aromatic nitrogens is 1. The first-order valence-corrected chi connectivity index (χ1v) is 7.30. The molecule has 2 heterocycles. The van der Waals surface area contributed by atoms with Gasteiger partial charge in [-0.05, 0) is 26.2 Å². The molecule has 23 heavy (non-hydrogen) atoms. The summed E-state index contributed by atoms with van der Waals surface area (Å²) in [5, 5.41) is 10.8. The zero-order valence-corrected chi connectivity index (χ0v) is 13.7. The van der Waals surface area contributed by atoms with Gasteiger partial charge in [-0.15, -0.1) is 12.4 Å². The van der Waals surface area contributed by atoms with Crippen molar-refractivity contribution in [2.45, 2.75) is 44.8 Å². The number of carbonyl (C=O) groups is 1. The number of hydrogen-bond acceptors (Lipinski definition) is 5. The zero-order chi connectivity index (χ0) is 16.3. The highest BCUT2D eigenvalue weighted by Crippen LogP contribution is 2.19. The molecule has 2 rings (SSSR count). The molecule has 0 saturated carbocycles. The fourth-order valence-electron chi connectivity index (χ4n) is 2.80. The van der Waals surface area contributed by atoms with Crippen LogP contribution in [-0.2, 0) is 11.3 Å². The average Bonchev–Trinajstić information content (AvgIpc) is 2.49. The first-order valence-electron chi connectivity index (χ1n) is 7.30. The topological polar surface area (TPSA) is 111 Å². The largest absolute Gasteiger partial charge is 0.337 e. The smallest absolute Gasteiger partial charge is 0.285 e. The first kappa shape index (κ1) is 19.1. The Balaban J connectivity index is 0.00000264. The third-order valence-electron chi connectivity index (χ3n) is 3.96. The highest BCUT2D eigenvalue weighted by atomic mass is 35.5. The number of nitrogens with two attached hydrogens (primary N) is 1. The minimum Gasteiger partial charge on any atom is -0.337 e. The number of halogens is 1. The standard InChI is InChI=1S/C14H20N4O4.ClH/c1-10(15)12-4-2-3-7-17(12)14(20)9-16-8-11(18(21)22)5-6-13(16)19;/h5-6,8,10,12H,2-4,7,9,15H2,1H3;1H. The van der Waals surface area contributed by atoms with Crippen molar-refractivity contribution >= 4 is 24.0 Å². The van der Waals surface area contributed by atoms with Crippen molar-refractivity contribution in [3.63, 3.8) is 0 Å². The molecule has 2 N–H and O–H groups in total. The number of carbonyl (C=O) groups excluding carboxylic acids is 1. The van der Waals surface area contributed by atoms with Gasteiger partial charge < -0.3 is 10.6 Å². The molecule has 1 aliphatic rings. The van der Waals surface area contributed by atoms with E-state index in [1.807, 2.05) is 6.92 Å². The summed E-state index contributed by atoms with van der Waals surface area (Å²) in [5.74, 6) is -0.232. The molecule has 1 fully saturated rings. The van der Waals surface area contributed by atoms with E-state index in [2.05, 4.69) is 0 Å². The molecule has 9 heteroatoms. The predicted molar refractivity (Wildman–Crippen MR) is 87.6 cm³/mol. The van der Waals surface area contributed by atoms with E-state index < -0.39 is 10.5 Å². The van der Waals surface area contributed by atoms with Crippen molar-refractivity contribution in [2.75, 3.05) is 6.54 Å². The van der Waals surface area contributed by atoms with Gasteiger partial charge in [0.15, 0.2) is 0 Å². The molecule has 2 unspecified atom stereocenters. The Kier molecular flexibility index (Phi) is 6.71. The van der Waals surface area contributed by atoms with Gasteiger partial charge in [0.2, 0.25) is 5.91 Å². The van der Waals surface area contributed by atoms with E-state index in [-0.39, 0.29) is 42.6 Å². The van der Waals surface area contributed by atoms with E-state index in [1.165, 1.54) is 0 Å². The molecular weight excluding hydrogens is 324 g/mol. The van der Waals surface area contributed by atoms with Crippen LogP contribution in [0.2, 0.25) is 0 Å². The number of rotatable bonds is 4. The van der Waals surface area contributed by atoms with Crippen LogP contribution in [-0.4, -0.2) is 38.9 Å². The summed E-state index contributed by atoms with van der Waals surface area (Å²) < 4.78 is 1.08. The van der Waals surface area contributed by atoms with Crippen LogP contribution in [0.15, 0.2) is 23.1 Å². The van der Waals surface area contributed by atoms with E-state index >= 15 is 0 Å². The van der Waals surface area contributed by atoms with Gasteiger partial charge in [0.25, 0.3) is 11.2 Å². The lowest BCUT2D eigenvalue weighted by atomic mass is 9.97. The Bertz CT molecular complexity index is 631. The maximum Gasteiger partial charge on any atom is 0.285 e. The quantitative estimate of drug-likeness (QED) is 0.644. The normalized spacial score (nSPS) is 18.9. The third-order valence-corrected chi connectivity index (χ3v) is 3.96. The Morgan fingerprint density at radius 3 is 2.78 bits per heavy atom. The number of pyridine rings is 1. The molecule has 0 aromatic carbocycles. The lowest BCUT2D eigenvalue weighted by molar-refractivity contribution is -0.385. The molecule has 1 aliphatic heterocycles. The van der Waals surface area contributed by atoms with E-state index in [9.17, 15) is 19.7 Å². The van der Waals surface area contributed by atoms with Gasteiger partial charge in [-0.3, -0.25) is 24.3 Å². The summed E-state index contributed by atoms with van der Waals surface area (Å²) in [5.41, 5.74) is 5.28. The van der Waals surface area contributed by atoms with Crippen molar-refractivity contribution < 1.29 is 9.72 Å². The molecule has 1 aromatic heterocycles. The molecule has 8 nitrogen and oxygen atoms in total. The molecule has 2 atom stereocenters. The summed E-state index contributed by atoms with van der Waals surface area (Å²) >= 11 is 0. The van der Waals surface area contributed by atoms with Crippen molar-refractivity contribution in [3.05, 3.63) is 38.8 Å². The van der Waals surface area contributed by atoms with E-state index in [4.69, 9.17) is 5.73 Å². The Morgan fingerprint density at radius 2 is 2.17 bits per heavy atom. The molecule has 128 valence electrons. The van der Waals surface area contributed by atoms with Crippen molar-refractivity contribution in [3.8, 4) is 0 Å². The van der Waals surface area contributed by atoms with Gasteiger partial charge in [-0.1, -0.05) is 0 Å². The van der Waals surface area contributed by atoms with Crippen molar-refractivity contribution in [1.82, 2.24) is 9.47 Å². The van der Waals surface area contributed by atoms with Crippen molar-refractivity contribution in [1.29, 1.82) is 0 Å². The highest BCUT2D eigenvalue weighted by Gasteiger charge is 2.29. The number of nitro groups is 1. The number of likely N-dealkylation sites (tertiary alicyclic amines) is 1. The summed E-state index contributed by atoms with van der Waals surface area (Å²) in [6, 6.07) is 2.04. The molecule has 0 bridgehead atoms. The first-order chi connectivity index (χ1) is 10.4. The third kappa shape index (κ3) is 4.52. The van der Waals surface area contributed by atoms with Gasteiger partial charge >= 0.3 is 0 Å². The van der Waals surface area contributed by atoms with E-state index in [0.717, 1.165) is 42.2 Å². The number of nitrogens with zero attached hydrogens (tertiary/aromatic N) is 3. The van der Waals surface area contributed by atoms with Crippen LogP contribution in [0.4, 0.5) is 5.69 Å². The fraction of sp³-hybridized carbons (Fsp3) is 0.571. The molecule has 0 radical (unpaired) electrons. The molecule has 1 aromatic rings. The highest BCUT2D eigenvalue weighted by molar-refractivity contribution is 5.85. The summed E-state index contributed by atoms with van der Waals surface area (Å²) in [7, 11) is 0. The second kappa shape index (κ2) is 8.07. The molecule has 0 aliphatic carbocycles. The number of amides is 1. The van der Waals surface area contributed by atoms with Gasteiger partial charge in [-0.2, -0.15) is 0 Å². The fourth-order valence-corrected chi connectivity index (χ4v) is 2.80. The lowest BCUT2D eigenvalue weighted by Crippen LogP contribution is -2.52. The second-order valence-corrected chi connectivity index (χ2v) is 5.62. The van der Waals surface area contributed by atoms with Gasteiger partial charge in [0, 0.05) is 30.8 Å². The number of piperidine rings is 1. The minimum absolute atomic E-state index is 0. The van der Waals surface area contributed by atoms with Crippen LogP contribution in [0.1, 0.15) is 26.2 Å². The van der Waals surface area contributed by atoms with E-state index in [1.54, 1.807) is 4.90 Å². The predicted octanol–water partition coefficient (Wildman–Crippen LogP) is 0.907. The Morgan fingerprint density at radius 1 is 1.48 bits per heavy atom. The minimum atomic E-state index is -0.591. The Hall–Kier alpha value is -1.93. The summed E-state index contributed by atoms with van der Waals surface area (Å²) in [6.07, 6.45) is 3.86.